The number of barbiturate groups is 1. The second-order valence-electron chi connectivity index (χ2n) is 9.57. The standard InChI is InChI=1S/C31H18Br2F3N3O7/c32-20-12-18(27(24(33)15-20)46-26-11-6-19(31(34,35)36)14-25(26)39(43)44)13-23-28(40)37-30(42)38(29(23)41)21-7-9-22(10-8-21)45-16-17-4-2-1-3-5-17/h1-15H,16H2,(H,37,40,42)/b23-13+. The third kappa shape index (κ3) is 7.10. The number of nitrogens with zero attached hydrogens (tertiary/aromatic N) is 2. The van der Waals surface area contributed by atoms with Crippen molar-refractivity contribution in [3.8, 4) is 17.2 Å². The quantitative estimate of drug-likeness (QED) is 0.0831. The van der Waals surface area contributed by atoms with Crippen LogP contribution >= 0.6 is 31.9 Å². The number of nitro groups is 1. The first kappa shape index (κ1) is 32.4. The minimum Gasteiger partial charge on any atom is -0.489 e. The highest BCUT2D eigenvalue weighted by molar-refractivity contribution is 9.11. The Bertz CT molecular complexity index is 1900. The lowest BCUT2D eigenvalue weighted by molar-refractivity contribution is -0.385. The number of imide groups is 2. The number of nitro benzene ring substituents is 1. The summed E-state index contributed by atoms with van der Waals surface area (Å²) in [6, 6.07) is 19.0. The minimum absolute atomic E-state index is 0.0212. The fraction of sp³-hybridized carbons (Fsp3) is 0.0645. The number of hydrogen-bond acceptors (Lipinski definition) is 7. The van der Waals surface area contributed by atoms with E-state index in [1.165, 1.54) is 24.3 Å². The average molecular weight is 761 g/mol. The Morgan fingerprint density at radius 2 is 1.63 bits per heavy atom. The Labute approximate surface area is 274 Å². The van der Waals surface area contributed by atoms with Gasteiger partial charge in [0.15, 0.2) is 0 Å². The van der Waals surface area contributed by atoms with E-state index >= 15 is 0 Å². The number of halogens is 5. The summed E-state index contributed by atoms with van der Waals surface area (Å²) in [6.07, 6.45) is -3.75. The number of amides is 4. The fourth-order valence-corrected chi connectivity index (χ4v) is 5.65. The van der Waals surface area contributed by atoms with Crippen molar-refractivity contribution in [1.82, 2.24) is 5.32 Å². The van der Waals surface area contributed by atoms with E-state index in [0.29, 0.717) is 22.4 Å². The van der Waals surface area contributed by atoms with Crippen LogP contribution in [0.1, 0.15) is 16.7 Å². The van der Waals surface area contributed by atoms with E-state index < -0.39 is 51.5 Å². The molecule has 46 heavy (non-hydrogen) atoms. The molecule has 4 aromatic rings. The van der Waals surface area contributed by atoms with Gasteiger partial charge in [0.05, 0.1) is 20.6 Å². The Balaban J connectivity index is 1.46. The lowest BCUT2D eigenvalue weighted by Gasteiger charge is -2.26. The molecule has 0 saturated carbocycles. The molecule has 1 aliphatic rings. The molecule has 1 fully saturated rings. The van der Waals surface area contributed by atoms with Gasteiger partial charge in [-0.05, 0) is 76.1 Å². The number of alkyl halides is 3. The fourth-order valence-electron chi connectivity index (χ4n) is 4.31. The van der Waals surface area contributed by atoms with E-state index in [0.717, 1.165) is 22.6 Å². The molecule has 0 atom stereocenters. The number of rotatable bonds is 8. The smallest absolute Gasteiger partial charge is 0.416 e. The Hall–Kier alpha value is -5.02. The van der Waals surface area contributed by atoms with Crippen molar-refractivity contribution in [3.63, 3.8) is 0 Å². The maximum absolute atomic E-state index is 13.5. The van der Waals surface area contributed by atoms with Crippen LogP contribution in [0.25, 0.3) is 6.08 Å². The highest BCUT2D eigenvalue weighted by Crippen LogP contribution is 2.42. The maximum atomic E-state index is 13.5. The third-order valence-corrected chi connectivity index (χ3v) is 7.52. The lowest BCUT2D eigenvalue weighted by Crippen LogP contribution is -2.54. The summed E-state index contributed by atoms with van der Waals surface area (Å²) in [5.41, 5.74) is -1.65. The Morgan fingerprint density at radius 1 is 0.935 bits per heavy atom. The van der Waals surface area contributed by atoms with Crippen LogP contribution in [0, 0.1) is 10.1 Å². The van der Waals surface area contributed by atoms with Crippen LogP contribution in [0.4, 0.5) is 29.3 Å². The zero-order valence-electron chi connectivity index (χ0n) is 23.0. The number of carbonyl (C=O) groups excluding carboxylic acids is 3. The van der Waals surface area contributed by atoms with Crippen LogP contribution in [0.3, 0.4) is 0 Å². The van der Waals surface area contributed by atoms with Gasteiger partial charge in [0.25, 0.3) is 11.8 Å². The van der Waals surface area contributed by atoms with Gasteiger partial charge in [0.1, 0.15) is 23.7 Å². The van der Waals surface area contributed by atoms with Crippen molar-refractivity contribution in [3.05, 3.63) is 126 Å². The molecule has 234 valence electrons. The van der Waals surface area contributed by atoms with E-state index in [1.807, 2.05) is 30.3 Å². The number of ether oxygens (including phenoxy) is 2. The number of carbonyl (C=O) groups is 3. The molecule has 4 amide bonds. The predicted octanol–water partition coefficient (Wildman–Crippen LogP) is 8.18. The summed E-state index contributed by atoms with van der Waals surface area (Å²) in [6.45, 7) is 0.285. The van der Waals surface area contributed by atoms with Crippen molar-refractivity contribution < 1.29 is 42.0 Å². The van der Waals surface area contributed by atoms with E-state index in [2.05, 4.69) is 37.2 Å². The molecule has 10 nitrogen and oxygen atoms in total. The minimum atomic E-state index is -4.84. The zero-order chi connectivity index (χ0) is 33.2. The predicted molar refractivity (Wildman–Crippen MR) is 166 cm³/mol. The highest BCUT2D eigenvalue weighted by atomic mass is 79.9. The summed E-state index contributed by atoms with van der Waals surface area (Å²) in [4.78, 5) is 50.5. The Kier molecular flexibility index (Phi) is 9.25. The number of nitrogens with one attached hydrogen (secondary N) is 1. The van der Waals surface area contributed by atoms with Gasteiger partial charge >= 0.3 is 17.9 Å². The SMILES string of the molecule is O=C1NC(=O)N(c2ccc(OCc3ccccc3)cc2)C(=O)/C1=C/c1cc(Br)cc(Br)c1Oc1ccc(C(F)(F)F)cc1[N+](=O)[O-]. The molecular weight excluding hydrogens is 743 g/mol. The van der Waals surface area contributed by atoms with Crippen molar-refractivity contribution in [2.45, 2.75) is 12.8 Å². The number of urea groups is 1. The van der Waals surface area contributed by atoms with Crippen LogP contribution in [0.5, 0.6) is 17.2 Å². The van der Waals surface area contributed by atoms with E-state index in [4.69, 9.17) is 9.47 Å². The zero-order valence-corrected chi connectivity index (χ0v) is 26.2. The summed E-state index contributed by atoms with van der Waals surface area (Å²) < 4.78 is 51.7. The van der Waals surface area contributed by atoms with Gasteiger partial charge in [-0.15, -0.1) is 0 Å². The summed E-state index contributed by atoms with van der Waals surface area (Å²) in [7, 11) is 0. The van der Waals surface area contributed by atoms with Gasteiger partial charge < -0.3 is 9.47 Å². The van der Waals surface area contributed by atoms with Gasteiger partial charge in [-0.25, -0.2) is 9.69 Å². The summed E-state index contributed by atoms with van der Waals surface area (Å²) in [5, 5.41) is 13.7. The Morgan fingerprint density at radius 3 is 2.28 bits per heavy atom. The first-order chi connectivity index (χ1) is 21.8. The number of hydrogen-bond donors (Lipinski definition) is 1. The molecule has 5 rings (SSSR count). The van der Waals surface area contributed by atoms with Crippen LogP contribution in [0.2, 0.25) is 0 Å². The first-order valence-corrected chi connectivity index (χ1v) is 14.6. The molecule has 1 saturated heterocycles. The van der Waals surface area contributed by atoms with Crippen LogP contribution < -0.4 is 19.7 Å². The van der Waals surface area contributed by atoms with E-state index in [1.54, 1.807) is 12.1 Å². The van der Waals surface area contributed by atoms with Crippen molar-refractivity contribution in [1.29, 1.82) is 0 Å². The molecule has 0 aromatic heterocycles. The molecule has 1 aliphatic heterocycles. The molecule has 0 spiro atoms. The highest BCUT2D eigenvalue weighted by Gasteiger charge is 2.37. The normalized spacial score (nSPS) is 14.3. The molecule has 0 radical (unpaired) electrons. The maximum Gasteiger partial charge on any atom is 0.416 e. The first-order valence-electron chi connectivity index (χ1n) is 13.0. The number of anilines is 1. The van der Waals surface area contributed by atoms with Crippen molar-refractivity contribution in [2.75, 3.05) is 4.90 Å². The largest absolute Gasteiger partial charge is 0.489 e. The molecular formula is C31H18Br2F3N3O7. The monoisotopic (exact) mass is 759 g/mol. The average Bonchev–Trinajstić information content (AvgIpc) is 3.00. The molecule has 4 aromatic carbocycles. The number of benzene rings is 4. The summed E-state index contributed by atoms with van der Waals surface area (Å²) in [5.74, 6) is -2.26. The summed E-state index contributed by atoms with van der Waals surface area (Å²) >= 11 is 6.53. The van der Waals surface area contributed by atoms with Crippen LogP contribution in [0.15, 0.2) is 99.4 Å². The molecule has 1 heterocycles. The third-order valence-electron chi connectivity index (χ3n) is 6.48. The second-order valence-corrected chi connectivity index (χ2v) is 11.3. The van der Waals surface area contributed by atoms with Gasteiger partial charge in [0, 0.05) is 16.1 Å². The van der Waals surface area contributed by atoms with Crippen LogP contribution in [-0.2, 0) is 22.4 Å². The molecule has 1 N–H and O–H groups in total. The second kappa shape index (κ2) is 13.1. The van der Waals surface area contributed by atoms with Gasteiger partial charge in [-0.2, -0.15) is 13.2 Å². The van der Waals surface area contributed by atoms with Gasteiger partial charge in [-0.3, -0.25) is 25.0 Å². The van der Waals surface area contributed by atoms with E-state index in [9.17, 15) is 37.7 Å². The molecule has 0 unspecified atom stereocenters. The molecule has 15 heteroatoms. The van der Waals surface area contributed by atoms with Gasteiger partial charge in [-0.1, -0.05) is 46.3 Å². The van der Waals surface area contributed by atoms with Crippen molar-refractivity contribution >= 4 is 67.2 Å². The lowest BCUT2D eigenvalue weighted by atomic mass is 10.1. The van der Waals surface area contributed by atoms with E-state index in [-0.39, 0.29) is 28.1 Å². The molecule has 0 bridgehead atoms. The topological polar surface area (TPSA) is 128 Å². The van der Waals surface area contributed by atoms with Crippen LogP contribution in [-0.4, -0.2) is 22.8 Å². The molecule has 0 aliphatic carbocycles. The van der Waals surface area contributed by atoms with Gasteiger partial charge in [0.2, 0.25) is 5.75 Å². The van der Waals surface area contributed by atoms with Crippen molar-refractivity contribution in [2.24, 2.45) is 0 Å².